The maximum atomic E-state index is 5.98. The summed E-state index contributed by atoms with van der Waals surface area (Å²) >= 11 is 0. The highest BCUT2D eigenvalue weighted by atomic mass is 16.5. The smallest absolute Gasteiger partial charge is 0.157 e. The number of hydrogen-bond donors (Lipinski definition) is 1. The minimum atomic E-state index is 0.337. The van der Waals surface area contributed by atoms with E-state index in [1.54, 1.807) is 13.3 Å². The molecule has 0 unspecified atom stereocenters. The Morgan fingerprint density at radius 3 is 2.86 bits per heavy atom. The van der Waals surface area contributed by atoms with Crippen LogP contribution >= 0.6 is 0 Å². The fourth-order valence-electron chi connectivity index (χ4n) is 2.27. The molecule has 0 aliphatic rings. The highest BCUT2D eigenvalue weighted by Crippen LogP contribution is 2.27. The van der Waals surface area contributed by atoms with E-state index < -0.39 is 0 Å². The number of methoxy groups -OCH3 is 1. The minimum Gasteiger partial charge on any atom is -0.383 e. The summed E-state index contributed by atoms with van der Waals surface area (Å²) in [6.45, 7) is 2.26. The molecule has 5 heteroatoms. The van der Waals surface area contributed by atoms with Crippen LogP contribution in [0.2, 0.25) is 0 Å². The van der Waals surface area contributed by atoms with Crippen molar-refractivity contribution in [2.24, 2.45) is 0 Å². The van der Waals surface area contributed by atoms with Crippen molar-refractivity contribution in [1.29, 1.82) is 0 Å². The zero-order chi connectivity index (χ0) is 14.8. The molecule has 0 saturated carbocycles. The molecule has 0 bridgehead atoms. The van der Waals surface area contributed by atoms with E-state index in [1.165, 1.54) is 0 Å². The SMILES string of the molecule is COCc1nc(N)c(C)c(-c2ccc3cccnc3c2)n1. The van der Waals surface area contributed by atoms with Crippen LogP contribution in [0.15, 0.2) is 36.5 Å². The Labute approximate surface area is 122 Å². The summed E-state index contributed by atoms with van der Waals surface area (Å²) in [5, 5.41) is 1.10. The van der Waals surface area contributed by atoms with Crippen LogP contribution in [-0.4, -0.2) is 22.1 Å². The lowest BCUT2D eigenvalue weighted by molar-refractivity contribution is 0.178. The maximum Gasteiger partial charge on any atom is 0.157 e. The zero-order valence-corrected chi connectivity index (χ0v) is 12.0. The molecule has 1 aromatic carbocycles. The van der Waals surface area contributed by atoms with Crippen molar-refractivity contribution in [3.63, 3.8) is 0 Å². The van der Waals surface area contributed by atoms with Crippen molar-refractivity contribution < 1.29 is 4.74 Å². The van der Waals surface area contributed by atoms with Crippen LogP contribution in [0.25, 0.3) is 22.2 Å². The molecule has 0 amide bonds. The summed E-state index contributed by atoms with van der Waals surface area (Å²) < 4.78 is 5.09. The Kier molecular flexibility index (Phi) is 3.50. The first kappa shape index (κ1) is 13.5. The number of ether oxygens (including phenoxy) is 1. The van der Waals surface area contributed by atoms with Gasteiger partial charge in [-0.2, -0.15) is 0 Å². The second-order valence-electron chi connectivity index (χ2n) is 4.84. The molecule has 5 nitrogen and oxygen atoms in total. The van der Waals surface area contributed by atoms with E-state index in [0.29, 0.717) is 18.2 Å². The molecule has 2 N–H and O–H groups in total. The number of nitrogens with two attached hydrogens (primary N) is 1. The molecule has 0 aliphatic carbocycles. The van der Waals surface area contributed by atoms with Gasteiger partial charge in [0.05, 0.1) is 11.2 Å². The van der Waals surface area contributed by atoms with Crippen molar-refractivity contribution in [3.05, 3.63) is 47.9 Å². The van der Waals surface area contributed by atoms with E-state index in [0.717, 1.165) is 27.7 Å². The Morgan fingerprint density at radius 2 is 2.05 bits per heavy atom. The van der Waals surface area contributed by atoms with Crippen molar-refractivity contribution in [2.45, 2.75) is 13.5 Å². The predicted molar refractivity (Wildman–Crippen MR) is 82.6 cm³/mol. The van der Waals surface area contributed by atoms with E-state index in [-0.39, 0.29) is 0 Å². The third-order valence-corrected chi connectivity index (χ3v) is 3.38. The van der Waals surface area contributed by atoms with Crippen molar-refractivity contribution in [2.75, 3.05) is 12.8 Å². The molecule has 0 spiro atoms. The van der Waals surface area contributed by atoms with E-state index in [2.05, 4.69) is 15.0 Å². The Hall–Kier alpha value is -2.53. The van der Waals surface area contributed by atoms with Crippen LogP contribution in [-0.2, 0) is 11.3 Å². The van der Waals surface area contributed by atoms with Crippen LogP contribution in [0.3, 0.4) is 0 Å². The van der Waals surface area contributed by atoms with Crippen molar-refractivity contribution in [1.82, 2.24) is 15.0 Å². The lowest BCUT2D eigenvalue weighted by Crippen LogP contribution is -2.05. The fraction of sp³-hybridized carbons (Fsp3) is 0.188. The number of fused-ring (bicyclic) bond motifs is 1. The van der Waals surface area contributed by atoms with Gasteiger partial charge >= 0.3 is 0 Å². The molecular weight excluding hydrogens is 264 g/mol. The van der Waals surface area contributed by atoms with E-state index in [4.69, 9.17) is 10.5 Å². The van der Waals surface area contributed by atoms with Gasteiger partial charge in [0, 0.05) is 29.8 Å². The second-order valence-corrected chi connectivity index (χ2v) is 4.84. The molecule has 0 saturated heterocycles. The number of rotatable bonds is 3. The molecule has 3 rings (SSSR count). The summed E-state index contributed by atoms with van der Waals surface area (Å²) in [6.07, 6.45) is 1.78. The Balaban J connectivity index is 2.16. The van der Waals surface area contributed by atoms with Crippen LogP contribution in [0, 0.1) is 6.92 Å². The molecule has 0 atom stereocenters. The monoisotopic (exact) mass is 280 g/mol. The molecule has 2 aromatic heterocycles. The maximum absolute atomic E-state index is 5.98. The highest BCUT2D eigenvalue weighted by molar-refractivity contribution is 5.84. The van der Waals surface area contributed by atoms with Gasteiger partial charge in [0.25, 0.3) is 0 Å². The first-order valence-electron chi connectivity index (χ1n) is 6.66. The van der Waals surface area contributed by atoms with Gasteiger partial charge in [-0.15, -0.1) is 0 Å². The molecule has 0 radical (unpaired) electrons. The zero-order valence-electron chi connectivity index (χ0n) is 12.0. The number of aromatic nitrogens is 3. The highest BCUT2D eigenvalue weighted by Gasteiger charge is 2.11. The quantitative estimate of drug-likeness (QED) is 0.798. The van der Waals surface area contributed by atoms with Crippen LogP contribution in [0.4, 0.5) is 5.82 Å². The average molecular weight is 280 g/mol. The lowest BCUT2D eigenvalue weighted by Gasteiger charge is -2.10. The molecule has 106 valence electrons. The molecule has 2 heterocycles. The third-order valence-electron chi connectivity index (χ3n) is 3.38. The minimum absolute atomic E-state index is 0.337. The lowest BCUT2D eigenvalue weighted by atomic mass is 10.0. The normalized spacial score (nSPS) is 11.0. The number of anilines is 1. The predicted octanol–water partition coefficient (Wildman–Crippen LogP) is 2.73. The van der Waals surface area contributed by atoms with Crippen LogP contribution < -0.4 is 5.73 Å². The van der Waals surface area contributed by atoms with E-state index in [1.807, 2.05) is 37.3 Å². The summed E-state index contributed by atoms with van der Waals surface area (Å²) in [5.74, 6) is 1.06. The van der Waals surface area contributed by atoms with Gasteiger partial charge in [-0.1, -0.05) is 18.2 Å². The number of hydrogen-bond acceptors (Lipinski definition) is 5. The van der Waals surface area contributed by atoms with Gasteiger partial charge in [0.15, 0.2) is 5.82 Å². The van der Waals surface area contributed by atoms with Crippen molar-refractivity contribution >= 4 is 16.7 Å². The van der Waals surface area contributed by atoms with Gasteiger partial charge in [0.1, 0.15) is 12.4 Å². The van der Waals surface area contributed by atoms with Gasteiger partial charge in [-0.05, 0) is 19.1 Å². The second kappa shape index (κ2) is 5.46. The van der Waals surface area contributed by atoms with Crippen molar-refractivity contribution in [3.8, 4) is 11.3 Å². The largest absolute Gasteiger partial charge is 0.383 e. The Morgan fingerprint density at radius 1 is 1.19 bits per heavy atom. The molecule has 3 aromatic rings. The van der Waals surface area contributed by atoms with E-state index in [9.17, 15) is 0 Å². The average Bonchev–Trinajstić information content (AvgIpc) is 2.50. The summed E-state index contributed by atoms with van der Waals surface area (Å²) in [7, 11) is 1.61. The Bertz CT molecular complexity index is 801. The molecular formula is C16H16N4O. The summed E-state index contributed by atoms with van der Waals surface area (Å²) in [6, 6.07) is 10.0. The van der Waals surface area contributed by atoms with E-state index >= 15 is 0 Å². The van der Waals surface area contributed by atoms with Gasteiger partial charge in [0.2, 0.25) is 0 Å². The number of benzene rings is 1. The summed E-state index contributed by atoms with van der Waals surface area (Å²) in [5.41, 5.74) is 9.57. The molecule has 0 aliphatic heterocycles. The topological polar surface area (TPSA) is 73.9 Å². The van der Waals surface area contributed by atoms with Gasteiger partial charge in [-0.3, -0.25) is 4.98 Å². The fourth-order valence-corrected chi connectivity index (χ4v) is 2.27. The third kappa shape index (κ3) is 2.55. The van der Waals surface area contributed by atoms with Crippen LogP contribution in [0.1, 0.15) is 11.4 Å². The van der Waals surface area contributed by atoms with Crippen LogP contribution in [0.5, 0.6) is 0 Å². The van der Waals surface area contributed by atoms with Gasteiger partial charge in [-0.25, -0.2) is 9.97 Å². The number of pyridine rings is 1. The van der Waals surface area contributed by atoms with Gasteiger partial charge < -0.3 is 10.5 Å². The number of nitrogen functional groups attached to an aromatic ring is 1. The molecule has 0 fully saturated rings. The molecule has 21 heavy (non-hydrogen) atoms. The standard InChI is InChI=1S/C16H16N4O/c1-10-15(19-14(9-21-2)20-16(10)17)12-6-5-11-4-3-7-18-13(11)8-12/h3-8H,9H2,1-2H3,(H2,17,19,20). The first-order chi connectivity index (χ1) is 10.2. The number of nitrogens with zero attached hydrogens (tertiary/aromatic N) is 3. The summed E-state index contributed by atoms with van der Waals surface area (Å²) in [4.78, 5) is 13.2. The first-order valence-corrected chi connectivity index (χ1v) is 6.66.